The summed E-state index contributed by atoms with van der Waals surface area (Å²) in [6, 6.07) is 3.73. The minimum absolute atomic E-state index is 0.0500. The summed E-state index contributed by atoms with van der Waals surface area (Å²) in [5.41, 5.74) is 2.07. The number of fused-ring (bicyclic) bond motifs is 1. The average molecular weight is 302 g/mol. The molecule has 1 fully saturated rings. The lowest BCUT2D eigenvalue weighted by Crippen LogP contribution is -2.48. The standard InChI is InChI=1S/C16H22N4O2/c1-4-18-8-10-19(11-9-18)16(21)14-12(2)17-15-13(22-3)6-5-7-20(14)15/h5-7H,4,8-11H2,1-3H3. The van der Waals surface area contributed by atoms with Crippen LogP contribution in [0.4, 0.5) is 0 Å². The molecule has 1 aliphatic heterocycles. The minimum atomic E-state index is 0.0500. The van der Waals surface area contributed by atoms with Gasteiger partial charge in [0.05, 0.1) is 12.8 Å². The largest absolute Gasteiger partial charge is 0.493 e. The van der Waals surface area contributed by atoms with Crippen molar-refractivity contribution in [1.29, 1.82) is 0 Å². The first-order valence-electron chi connectivity index (χ1n) is 7.69. The number of imidazole rings is 1. The van der Waals surface area contributed by atoms with Crippen LogP contribution in [0.1, 0.15) is 23.1 Å². The predicted molar refractivity (Wildman–Crippen MR) is 84.5 cm³/mol. The molecule has 0 unspecified atom stereocenters. The lowest BCUT2D eigenvalue weighted by atomic mass is 10.2. The number of ether oxygens (including phenoxy) is 1. The number of hydrogen-bond donors (Lipinski definition) is 0. The van der Waals surface area contributed by atoms with Crippen molar-refractivity contribution in [2.24, 2.45) is 0 Å². The molecule has 0 spiro atoms. The summed E-state index contributed by atoms with van der Waals surface area (Å²) in [4.78, 5) is 21.7. The van der Waals surface area contributed by atoms with E-state index in [4.69, 9.17) is 4.74 Å². The molecule has 3 heterocycles. The third kappa shape index (κ3) is 2.43. The lowest BCUT2D eigenvalue weighted by Gasteiger charge is -2.34. The summed E-state index contributed by atoms with van der Waals surface area (Å²) in [7, 11) is 1.62. The number of carbonyl (C=O) groups excluding carboxylic acids is 1. The summed E-state index contributed by atoms with van der Waals surface area (Å²) in [5, 5.41) is 0. The molecule has 0 N–H and O–H groups in total. The zero-order valence-corrected chi connectivity index (χ0v) is 13.4. The molecule has 6 heteroatoms. The number of rotatable bonds is 3. The maximum absolute atomic E-state index is 12.9. The van der Waals surface area contributed by atoms with Gasteiger partial charge in [0.1, 0.15) is 5.69 Å². The molecular weight excluding hydrogens is 280 g/mol. The molecule has 3 rings (SSSR count). The highest BCUT2D eigenvalue weighted by Crippen LogP contribution is 2.22. The number of piperazine rings is 1. The Morgan fingerprint density at radius 2 is 2.05 bits per heavy atom. The fourth-order valence-corrected chi connectivity index (χ4v) is 2.99. The molecule has 0 bridgehead atoms. The second-order valence-electron chi connectivity index (χ2n) is 5.54. The maximum atomic E-state index is 12.9. The van der Waals surface area contributed by atoms with Crippen LogP contribution in [0, 0.1) is 6.92 Å². The molecule has 0 saturated carbocycles. The Hall–Kier alpha value is -2.08. The number of amides is 1. The molecule has 1 amide bonds. The van der Waals surface area contributed by atoms with Crippen LogP contribution in [0.15, 0.2) is 18.3 Å². The van der Waals surface area contributed by atoms with Gasteiger partial charge in [-0.15, -0.1) is 0 Å². The van der Waals surface area contributed by atoms with Gasteiger partial charge in [-0.25, -0.2) is 4.98 Å². The van der Waals surface area contributed by atoms with E-state index in [2.05, 4.69) is 16.8 Å². The first-order valence-corrected chi connectivity index (χ1v) is 7.69. The monoisotopic (exact) mass is 302 g/mol. The highest BCUT2D eigenvalue weighted by Gasteiger charge is 2.26. The van der Waals surface area contributed by atoms with Gasteiger partial charge in [-0.05, 0) is 25.6 Å². The van der Waals surface area contributed by atoms with Crippen LogP contribution in [0.2, 0.25) is 0 Å². The summed E-state index contributed by atoms with van der Waals surface area (Å²) in [5.74, 6) is 0.731. The number of aryl methyl sites for hydroxylation is 1. The Labute approximate surface area is 130 Å². The fraction of sp³-hybridized carbons (Fsp3) is 0.500. The van der Waals surface area contributed by atoms with Crippen molar-refractivity contribution in [3.63, 3.8) is 0 Å². The summed E-state index contributed by atoms with van der Waals surface area (Å²) in [6.07, 6.45) is 1.87. The molecule has 0 atom stereocenters. The van der Waals surface area contributed by atoms with E-state index in [1.807, 2.05) is 34.6 Å². The van der Waals surface area contributed by atoms with Crippen LogP contribution >= 0.6 is 0 Å². The minimum Gasteiger partial charge on any atom is -0.493 e. The van der Waals surface area contributed by atoms with Gasteiger partial charge in [0.15, 0.2) is 11.4 Å². The van der Waals surface area contributed by atoms with E-state index >= 15 is 0 Å². The normalized spacial score (nSPS) is 16.2. The van der Waals surface area contributed by atoms with Crippen molar-refractivity contribution >= 4 is 11.6 Å². The molecule has 6 nitrogen and oxygen atoms in total. The quantitative estimate of drug-likeness (QED) is 0.860. The number of nitrogens with zero attached hydrogens (tertiary/aromatic N) is 4. The first kappa shape index (κ1) is 14.8. The second-order valence-corrected chi connectivity index (χ2v) is 5.54. The van der Waals surface area contributed by atoms with Crippen LogP contribution in [0.25, 0.3) is 5.65 Å². The average Bonchev–Trinajstić information content (AvgIpc) is 2.90. The van der Waals surface area contributed by atoms with Crippen molar-refractivity contribution in [2.75, 3.05) is 39.8 Å². The zero-order valence-electron chi connectivity index (χ0n) is 13.4. The third-order valence-corrected chi connectivity index (χ3v) is 4.32. The lowest BCUT2D eigenvalue weighted by molar-refractivity contribution is 0.0635. The van der Waals surface area contributed by atoms with Gasteiger partial charge in [0, 0.05) is 32.4 Å². The molecule has 1 saturated heterocycles. The van der Waals surface area contributed by atoms with Crippen molar-refractivity contribution in [2.45, 2.75) is 13.8 Å². The molecule has 0 aromatic carbocycles. The molecule has 22 heavy (non-hydrogen) atoms. The molecule has 2 aromatic rings. The number of aromatic nitrogens is 2. The summed E-state index contributed by atoms with van der Waals surface area (Å²) < 4.78 is 7.17. The number of hydrogen-bond acceptors (Lipinski definition) is 4. The van der Waals surface area contributed by atoms with Gasteiger partial charge >= 0.3 is 0 Å². The summed E-state index contributed by atoms with van der Waals surface area (Å²) >= 11 is 0. The Morgan fingerprint density at radius 3 is 2.68 bits per heavy atom. The van der Waals surface area contributed by atoms with Gasteiger partial charge in [-0.1, -0.05) is 6.92 Å². The van der Waals surface area contributed by atoms with Gasteiger partial charge in [-0.2, -0.15) is 0 Å². The van der Waals surface area contributed by atoms with Crippen LogP contribution < -0.4 is 4.74 Å². The SMILES string of the molecule is CCN1CCN(C(=O)c2c(C)nc3c(OC)cccn23)CC1. The number of likely N-dealkylation sites (N-methyl/N-ethyl adjacent to an activating group) is 1. The predicted octanol–water partition coefficient (Wildman–Crippen LogP) is 1.43. The van der Waals surface area contributed by atoms with Gasteiger partial charge in [-0.3, -0.25) is 9.20 Å². The molecular formula is C16H22N4O2. The van der Waals surface area contributed by atoms with Crippen LogP contribution in [0.3, 0.4) is 0 Å². The van der Waals surface area contributed by atoms with E-state index in [-0.39, 0.29) is 5.91 Å². The number of methoxy groups -OCH3 is 1. The van der Waals surface area contributed by atoms with Crippen molar-refractivity contribution in [1.82, 2.24) is 19.2 Å². The maximum Gasteiger partial charge on any atom is 0.272 e. The van der Waals surface area contributed by atoms with E-state index in [9.17, 15) is 4.79 Å². The highest BCUT2D eigenvalue weighted by molar-refractivity contribution is 5.95. The Kier molecular flexibility index (Phi) is 4.02. The van der Waals surface area contributed by atoms with E-state index < -0.39 is 0 Å². The fourth-order valence-electron chi connectivity index (χ4n) is 2.99. The van der Waals surface area contributed by atoms with E-state index in [0.717, 1.165) is 38.4 Å². The highest BCUT2D eigenvalue weighted by atomic mass is 16.5. The van der Waals surface area contributed by atoms with E-state index in [0.29, 0.717) is 17.1 Å². The second kappa shape index (κ2) is 5.96. The summed E-state index contributed by atoms with van der Waals surface area (Å²) in [6.45, 7) is 8.46. The van der Waals surface area contributed by atoms with Crippen molar-refractivity contribution < 1.29 is 9.53 Å². The smallest absolute Gasteiger partial charge is 0.272 e. The van der Waals surface area contributed by atoms with Crippen LogP contribution in [-0.2, 0) is 0 Å². The Balaban J connectivity index is 1.93. The van der Waals surface area contributed by atoms with E-state index in [1.165, 1.54) is 0 Å². The molecule has 1 aliphatic rings. The van der Waals surface area contributed by atoms with Crippen molar-refractivity contribution in [3.8, 4) is 5.75 Å². The van der Waals surface area contributed by atoms with Gasteiger partial charge < -0.3 is 14.5 Å². The number of carbonyl (C=O) groups is 1. The van der Waals surface area contributed by atoms with Gasteiger partial charge in [0.2, 0.25) is 0 Å². The zero-order chi connectivity index (χ0) is 15.7. The van der Waals surface area contributed by atoms with Crippen molar-refractivity contribution in [3.05, 3.63) is 29.7 Å². The van der Waals surface area contributed by atoms with Gasteiger partial charge in [0.25, 0.3) is 5.91 Å². The molecule has 2 aromatic heterocycles. The molecule has 0 aliphatic carbocycles. The third-order valence-electron chi connectivity index (χ3n) is 4.32. The topological polar surface area (TPSA) is 50.1 Å². The first-order chi connectivity index (χ1) is 10.7. The van der Waals surface area contributed by atoms with Crippen LogP contribution in [-0.4, -0.2) is 64.9 Å². The Morgan fingerprint density at radius 1 is 1.32 bits per heavy atom. The van der Waals surface area contributed by atoms with Crippen LogP contribution in [0.5, 0.6) is 5.75 Å². The Bertz CT molecular complexity index is 687. The van der Waals surface area contributed by atoms with E-state index in [1.54, 1.807) is 7.11 Å². The molecule has 0 radical (unpaired) electrons. The molecule has 118 valence electrons. The number of pyridine rings is 1.